The zero-order valence-electron chi connectivity index (χ0n) is 13.1. The zero-order valence-corrected chi connectivity index (χ0v) is 15.4. The van der Waals surface area contributed by atoms with E-state index >= 15 is 0 Å². The third kappa shape index (κ3) is 4.09. The van der Waals surface area contributed by atoms with Gasteiger partial charge in [0.1, 0.15) is 0 Å². The van der Waals surface area contributed by atoms with E-state index in [1.54, 1.807) is 18.2 Å². The second kappa shape index (κ2) is 7.55. The van der Waals surface area contributed by atoms with Crippen molar-refractivity contribution >= 4 is 56.5 Å². The van der Waals surface area contributed by atoms with Crippen LogP contribution < -0.4 is 15.5 Å². The standard InChI is InChI=1S/C15H17Cl2N5OS/c1-9-4-2-3-7-22(9)15-21-20-14(24-15)19-13(23)18-12-8-10(16)5-6-11(12)17/h5-6,8-9H,2-4,7H2,1H3,(H2,18,19,20,23). The Morgan fingerprint density at radius 2 is 2.12 bits per heavy atom. The van der Waals surface area contributed by atoms with Crippen LogP contribution in [0.4, 0.5) is 20.7 Å². The highest BCUT2D eigenvalue weighted by atomic mass is 35.5. The maximum absolute atomic E-state index is 12.1. The highest BCUT2D eigenvalue weighted by Gasteiger charge is 2.22. The number of carbonyl (C=O) groups excluding carboxylic acids is 1. The second-order valence-corrected chi connectivity index (χ2v) is 7.43. The lowest BCUT2D eigenvalue weighted by Gasteiger charge is -2.32. The lowest BCUT2D eigenvalue weighted by atomic mass is 10.1. The molecule has 0 bridgehead atoms. The van der Waals surface area contributed by atoms with Crippen molar-refractivity contribution in [3.63, 3.8) is 0 Å². The van der Waals surface area contributed by atoms with Crippen LogP contribution in [0.25, 0.3) is 0 Å². The van der Waals surface area contributed by atoms with E-state index in [1.165, 1.54) is 17.8 Å². The lowest BCUT2D eigenvalue weighted by Crippen LogP contribution is -2.37. The minimum Gasteiger partial charge on any atom is -0.344 e. The van der Waals surface area contributed by atoms with Gasteiger partial charge in [0.25, 0.3) is 0 Å². The van der Waals surface area contributed by atoms with Crippen LogP contribution in [-0.4, -0.2) is 28.8 Å². The Labute approximate surface area is 154 Å². The largest absolute Gasteiger partial charge is 0.344 e. The molecule has 1 aliphatic heterocycles. The summed E-state index contributed by atoms with van der Waals surface area (Å²) in [4.78, 5) is 14.3. The minimum atomic E-state index is -0.437. The monoisotopic (exact) mass is 385 g/mol. The average Bonchev–Trinajstić information content (AvgIpc) is 2.99. The van der Waals surface area contributed by atoms with Crippen LogP contribution in [0.1, 0.15) is 26.2 Å². The fraction of sp³-hybridized carbons (Fsp3) is 0.400. The van der Waals surface area contributed by atoms with Crippen LogP contribution in [-0.2, 0) is 0 Å². The maximum Gasteiger partial charge on any atom is 0.325 e. The predicted molar refractivity (Wildman–Crippen MR) is 99.7 cm³/mol. The summed E-state index contributed by atoms with van der Waals surface area (Å²) in [5.41, 5.74) is 0.441. The molecule has 0 spiro atoms. The average molecular weight is 386 g/mol. The molecule has 2 heterocycles. The maximum atomic E-state index is 12.1. The summed E-state index contributed by atoms with van der Waals surface area (Å²) in [5.74, 6) is 0. The predicted octanol–water partition coefficient (Wildman–Crippen LogP) is 4.87. The smallest absolute Gasteiger partial charge is 0.325 e. The number of aromatic nitrogens is 2. The Kier molecular flexibility index (Phi) is 5.43. The van der Waals surface area contributed by atoms with Crippen LogP contribution in [0.5, 0.6) is 0 Å². The molecule has 24 heavy (non-hydrogen) atoms. The van der Waals surface area contributed by atoms with Gasteiger partial charge in [0.15, 0.2) is 0 Å². The molecule has 2 N–H and O–H groups in total. The Morgan fingerprint density at radius 3 is 2.92 bits per heavy atom. The van der Waals surface area contributed by atoms with Crippen LogP contribution in [0.2, 0.25) is 10.0 Å². The van der Waals surface area contributed by atoms with Crippen LogP contribution in [0.3, 0.4) is 0 Å². The van der Waals surface area contributed by atoms with E-state index in [0.29, 0.717) is 26.9 Å². The molecule has 1 atom stereocenters. The summed E-state index contributed by atoms with van der Waals surface area (Å²) >= 11 is 13.3. The van der Waals surface area contributed by atoms with Crippen molar-refractivity contribution in [2.24, 2.45) is 0 Å². The SMILES string of the molecule is CC1CCCCN1c1nnc(NC(=O)Nc2cc(Cl)ccc2Cl)s1. The summed E-state index contributed by atoms with van der Waals surface area (Å²) in [6.45, 7) is 3.15. The fourth-order valence-corrected chi connectivity index (χ4v) is 3.81. The molecule has 0 aliphatic carbocycles. The molecule has 1 aromatic heterocycles. The van der Waals surface area contributed by atoms with Crippen molar-refractivity contribution in [2.45, 2.75) is 32.2 Å². The first-order valence-corrected chi connectivity index (χ1v) is 9.23. The molecule has 1 aromatic carbocycles. The summed E-state index contributed by atoms with van der Waals surface area (Å²) in [6.07, 6.45) is 3.54. The van der Waals surface area contributed by atoms with Crippen molar-refractivity contribution in [2.75, 3.05) is 22.1 Å². The molecule has 1 aliphatic rings. The van der Waals surface area contributed by atoms with Gasteiger partial charge in [-0.05, 0) is 44.4 Å². The van der Waals surface area contributed by atoms with Gasteiger partial charge in [0.2, 0.25) is 10.3 Å². The number of amides is 2. The highest BCUT2D eigenvalue weighted by Crippen LogP contribution is 2.30. The second-order valence-electron chi connectivity index (χ2n) is 5.63. The Morgan fingerprint density at radius 1 is 1.29 bits per heavy atom. The number of nitrogens with one attached hydrogen (secondary N) is 2. The summed E-state index contributed by atoms with van der Waals surface area (Å²) in [7, 11) is 0. The van der Waals surface area contributed by atoms with Gasteiger partial charge in [-0.15, -0.1) is 10.2 Å². The van der Waals surface area contributed by atoms with Crippen molar-refractivity contribution in [1.29, 1.82) is 0 Å². The van der Waals surface area contributed by atoms with E-state index in [4.69, 9.17) is 23.2 Å². The molecule has 1 unspecified atom stereocenters. The molecular formula is C15H17Cl2N5OS. The number of hydrogen-bond acceptors (Lipinski definition) is 5. The number of benzene rings is 1. The van der Waals surface area contributed by atoms with Gasteiger partial charge >= 0.3 is 6.03 Å². The number of nitrogens with zero attached hydrogens (tertiary/aromatic N) is 3. The summed E-state index contributed by atoms with van der Waals surface area (Å²) in [5, 5.41) is 15.7. The van der Waals surface area contributed by atoms with Gasteiger partial charge in [-0.25, -0.2) is 4.79 Å². The molecule has 3 rings (SSSR count). The van der Waals surface area contributed by atoms with E-state index < -0.39 is 6.03 Å². The number of piperidine rings is 1. The number of carbonyl (C=O) groups is 1. The minimum absolute atomic E-state index is 0.412. The van der Waals surface area contributed by atoms with Gasteiger partial charge in [-0.1, -0.05) is 34.5 Å². The molecule has 2 amide bonds. The van der Waals surface area contributed by atoms with Crippen molar-refractivity contribution in [3.8, 4) is 0 Å². The number of anilines is 3. The quantitative estimate of drug-likeness (QED) is 0.790. The van der Waals surface area contributed by atoms with Gasteiger partial charge in [-0.3, -0.25) is 5.32 Å². The topological polar surface area (TPSA) is 70.2 Å². The van der Waals surface area contributed by atoms with E-state index in [2.05, 4.69) is 32.7 Å². The third-order valence-corrected chi connectivity index (χ3v) is 5.30. The molecule has 1 fully saturated rings. The van der Waals surface area contributed by atoms with Gasteiger partial charge < -0.3 is 10.2 Å². The highest BCUT2D eigenvalue weighted by molar-refractivity contribution is 7.19. The summed E-state index contributed by atoms with van der Waals surface area (Å²) < 4.78 is 0. The van der Waals surface area contributed by atoms with Crippen molar-refractivity contribution in [1.82, 2.24) is 10.2 Å². The van der Waals surface area contributed by atoms with Crippen molar-refractivity contribution < 1.29 is 4.79 Å². The number of hydrogen-bond donors (Lipinski definition) is 2. The molecule has 6 nitrogen and oxygen atoms in total. The molecular weight excluding hydrogens is 369 g/mol. The lowest BCUT2D eigenvalue weighted by molar-refractivity contribution is 0.262. The first-order chi connectivity index (χ1) is 11.5. The van der Waals surface area contributed by atoms with Crippen LogP contribution in [0, 0.1) is 0 Å². The molecule has 2 aromatic rings. The first kappa shape index (κ1) is 17.3. The van der Waals surface area contributed by atoms with Gasteiger partial charge in [-0.2, -0.15) is 0 Å². The number of rotatable bonds is 3. The Balaban J connectivity index is 1.64. The zero-order chi connectivity index (χ0) is 17.1. The van der Waals surface area contributed by atoms with Gasteiger partial charge in [0, 0.05) is 17.6 Å². The van der Waals surface area contributed by atoms with E-state index in [-0.39, 0.29) is 0 Å². The molecule has 1 saturated heterocycles. The van der Waals surface area contributed by atoms with Crippen molar-refractivity contribution in [3.05, 3.63) is 28.2 Å². The summed E-state index contributed by atoms with van der Waals surface area (Å²) in [6, 6.07) is 4.88. The normalized spacial score (nSPS) is 17.6. The molecule has 0 saturated carbocycles. The third-order valence-electron chi connectivity index (χ3n) is 3.86. The molecule has 128 valence electrons. The van der Waals surface area contributed by atoms with E-state index in [1.807, 2.05) is 0 Å². The van der Waals surface area contributed by atoms with Crippen LogP contribution >= 0.6 is 34.5 Å². The van der Waals surface area contributed by atoms with E-state index in [9.17, 15) is 4.79 Å². The number of urea groups is 1. The van der Waals surface area contributed by atoms with E-state index in [0.717, 1.165) is 24.5 Å². The molecule has 9 heteroatoms. The van der Waals surface area contributed by atoms with Crippen LogP contribution in [0.15, 0.2) is 18.2 Å². The fourth-order valence-electron chi connectivity index (χ4n) is 2.61. The number of halogens is 2. The van der Waals surface area contributed by atoms with Gasteiger partial charge in [0.05, 0.1) is 10.7 Å². The Hall–Kier alpha value is -1.57. The molecule has 0 radical (unpaired) electrons. The Bertz CT molecular complexity index is 738. The first-order valence-electron chi connectivity index (χ1n) is 7.66.